The van der Waals surface area contributed by atoms with Gasteiger partial charge in [-0.15, -0.1) is 0 Å². The Morgan fingerprint density at radius 2 is 2.12 bits per heavy atom. The largest absolute Gasteiger partial charge is 0.427 e. The van der Waals surface area contributed by atoms with Crippen molar-refractivity contribution in [3.05, 3.63) is 60.4 Å². The second-order valence-electron chi connectivity index (χ2n) is 5.32. The normalized spacial score (nSPS) is 17.9. The maximum atomic E-state index is 12.4. The van der Waals surface area contributed by atoms with Crippen molar-refractivity contribution in [2.75, 3.05) is 6.61 Å². The number of nitrogens with zero attached hydrogens (tertiary/aromatic N) is 1. The molecule has 0 saturated carbocycles. The van der Waals surface area contributed by atoms with Crippen LogP contribution in [0.25, 0.3) is 0 Å². The third-order valence-electron chi connectivity index (χ3n) is 3.63. The van der Waals surface area contributed by atoms with E-state index in [-0.39, 0.29) is 12.4 Å². The molecule has 5 heteroatoms. The van der Waals surface area contributed by atoms with Gasteiger partial charge in [0.25, 0.3) is 0 Å². The number of hydrogen-bond donors (Lipinski definition) is 0. The van der Waals surface area contributed by atoms with Gasteiger partial charge in [-0.1, -0.05) is 42.9 Å². The molecular weight excluding hydrogens is 306 g/mol. The van der Waals surface area contributed by atoms with E-state index in [0.717, 1.165) is 0 Å². The molecule has 1 atom stereocenters. The SMILES string of the molecule is C=CCON=C(CC)C1C(=O)CCC=C1OC(=O)c1ccccc1. The summed E-state index contributed by atoms with van der Waals surface area (Å²) in [4.78, 5) is 29.8. The van der Waals surface area contributed by atoms with E-state index < -0.39 is 11.9 Å². The molecule has 1 aromatic rings. The predicted molar refractivity (Wildman–Crippen MR) is 91.5 cm³/mol. The first-order chi connectivity index (χ1) is 11.7. The lowest BCUT2D eigenvalue weighted by Gasteiger charge is -2.23. The zero-order chi connectivity index (χ0) is 17.4. The Kier molecular flexibility index (Phi) is 6.49. The van der Waals surface area contributed by atoms with Crippen LogP contribution in [0.15, 0.2) is 60.0 Å². The zero-order valence-electron chi connectivity index (χ0n) is 13.7. The van der Waals surface area contributed by atoms with Crippen molar-refractivity contribution in [2.24, 2.45) is 11.1 Å². The Morgan fingerprint density at radius 3 is 2.79 bits per heavy atom. The summed E-state index contributed by atoms with van der Waals surface area (Å²) in [6, 6.07) is 8.68. The fraction of sp³-hybridized carbons (Fsp3) is 0.316. The predicted octanol–water partition coefficient (Wildman–Crippen LogP) is 3.68. The molecule has 0 heterocycles. The van der Waals surface area contributed by atoms with Crippen molar-refractivity contribution in [3.8, 4) is 0 Å². The van der Waals surface area contributed by atoms with E-state index in [0.29, 0.717) is 36.3 Å². The number of allylic oxidation sites excluding steroid dienone is 2. The minimum atomic E-state index is -0.666. The quantitative estimate of drug-likeness (QED) is 0.252. The molecular formula is C19H21NO4. The molecule has 1 unspecified atom stereocenters. The highest BCUT2D eigenvalue weighted by molar-refractivity contribution is 6.08. The van der Waals surface area contributed by atoms with Gasteiger partial charge in [-0.05, 0) is 31.1 Å². The molecule has 5 nitrogen and oxygen atoms in total. The van der Waals surface area contributed by atoms with Gasteiger partial charge in [0.15, 0.2) is 0 Å². The summed E-state index contributed by atoms with van der Waals surface area (Å²) < 4.78 is 5.49. The zero-order valence-corrected chi connectivity index (χ0v) is 13.7. The summed E-state index contributed by atoms with van der Waals surface area (Å²) in [5, 5.41) is 4.03. The second-order valence-corrected chi connectivity index (χ2v) is 5.32. The van der Waals surface area contributed by atoms with E-state index in [9.17, 15) is 9.59 Å². The number of carbonyl (C=O) groups excluding carboxylic acids is 2. The fourth-order valence-electron chi connectivity index (χ4n) is 2.46. The van der Waals surface area contributed by atoms with Gasteiger partial charge in [0.05, 0.1) is 11.3 Å². The van der Waals surface area contributed by atoms with Crippen LogP contribution in [0.5, 0.6) is 0 Å². The number of hydrogen-bond acceptors (Lipinski definition) is 5. The molecule has 0 aliphatic heterocycles. The molecule has 24 heavy (non-hydrogen) atoms. The minimum Gasteiger partial charge on any atom is -0.427 e. The number of ketones is 1. The summed E-state index contributed by atoms with van der Waals surface area (Å²) >= 11 is 0. The molecule has 0 spiro atoms. The number of esters is 1. The van der Waals surface area contributed by atoms with Gasteiger partial charge in [0.2, 0.25) is 0 Å². The smallest absolute Gasteiger partial charge is 0.343 e. The van der Waals surface area contributed by atoms with Crippen LogP contribution in [0.1, 0.15) is 36.5 Å². The number of oxime groups is 1. The standard InChI is InChI=1S/C19H21NO4/c1-3-13-23-20-15(4-2)18-16(21)11-8-12-17(18)24-19(22)14-9-6-5-7-10-14/h3,5-7,9-10,12,18H,1,4,8,11,13H2,2H3. The van der Waals surface area contributed by atoms with E-state index in [1.807, 2.05) is 13.0 Å². The topological polar surface area (TPSA) is 65.0 Å². The molecule has 2 rings (SSSR count). The molecule has 0 N–H and O–H groups in total. The van der Waals surface area contributed by atoms with Crippen molar-refractivity contribution >= 4 is 17.5 Å². The molecule has 1 aliphatic rings. The maximum absolute atomic E-state index is 12.4. The van der Waals surface area contributed by atoms with Gasteiger partial charge < -0.3 is 9.57 Å². The van der Waals surface area contributed by atoms with Gasteiger partial charge in [-0.2, -0.15) is 0 Å². The lowest BCUT2D eigenvalue weighted by Crippen LogP contribution is -2.30. The molecule has 0 saturated heterocycles. The van der Waals surface area contributed by atoms with Gasteiger partial charge in [-0.25, -0.2) is 4.79 Å². The third-order valence-corrected chi connectivity index (χ3v) is 3.63. The molecule has 1 aromatic carbocycles. The van der Waals surface area contributed by atoms with Crippen LogP contribution in [0.2, 0.25) is 0 Å². The van der Waals surface area contributed by atoms with E-state index in [2.05, 4.69) is 11.7 Å². The van der Waals surface area contributed by atoms with Crippen LogP contribution in [0, 0.1) is 5.92 Å². The van der Waals surface area contributed by atoms with Crippen LogP contribution in [0.4, 0.5) is 0 Å². The van der Waals surface area contributed by atoms with Crippen LogP contribution in [-0.2, 0) is 14.4 Å². The molecule has 0 radical (unpaired) electrons. The lowest BCUT2D eigenvalue weighted by molar-refractivity contribution is -0.121. The van der Waals surface area contributed by atoms with E-state index in [1.165, 1.54) is 0 Å². The van der Waals surface area contributed by atoms with E-state index in [1.54, 1.807) is 36.4 Å². The number of ether oxygens (including phenoxy) is 1. The lowest BCUT2D eigenvalue weighted by atomic mass is 9.87. The first-order valence-electron chi connectivity index (χ1n) is 7.97. The fourth-order valence-corrected chi connectivity index (χ4v) is 2.46. The van der Waals surface area contributed by atoms with Gasteiger partial charge in [0.1, 0.15) is 24.1 Å². The Balaban J connectivity index is 2.20. The van der Waals surface area contributed by atoms with Crippen molar-refractivity contribution in [1.82, 2.24) is 0 Å². The number of Topliss-reactive ketones (excluding diaryl/α,β-unsaturated/α-hetero) is 1. The van der Waals surface area contributed by atoms with Crippen molar-refractivity contribution < 1.29 is 19.2 Å². The highest BCUT2D eigenvalue weighted by Crippen LogP contribution is 2.26. The second kappa shape index (κ2) is 8.82. The summed E-state index contributed by atoms with van der Waals surface area (Å²) in [6.45, 7) is 5.70. The Bertz CT molecular complexity index is 661. The number of carbonyl (C=O) groups is 2. The van der Waals surface area contributed by atoms with Gasteiger partial charge >= 0.3 is 5.97 Å². The summed E-state index contributed by atoms with van der Waals surface area (Å²) in [7, 11) is 0. The maximum Gasteiger partial charge on any atom is 0.343 e. The summed E-state index contributed by atoms with van der Waals surface area (Å²) in [6.07, 6.45) is 4.83. The average Bonchev–Trinajstić information content (AvgIpc) is 2.61. The van der Waals surface area contributed by atoms with Crippen molar-refractivity contribution in [1.29, 1.82) is 0 Å². The Labute approximate surface area is 141 Å². The molecule has 0 fully saturated rings. The molecule has 1 aliphatic carbocycles. The van der Waals surface area contributed by atoms with Crippen molar-refractivity contribution in [3.63, 3.8) is 0 Å². The highest BCUT2D eigenvalue weighted by atomic mass is 16.6. The van der Waals surface area contributed by atoms with Crippen molar-refractivity contribution in [2.45, 2.75) is 26.2 Å². The molecule has 0 aromatic heterocycles. The monoisotopic (exact) mass is 327 g/mol. The first kappa shape index (κ1) is 17.7. The number of benzene rings is 1. The Hall–Kier alpha value is -2.69. The molecule has 0 bridgehead atoms. The molecule has 0 amide bonds. The highest BCUT2D eigenvalue weighted by Gasteiger charge is 2.33. The summed E-state index contributed by atoms with van der Waals surface area (Å²) in [5.41, 5.74) is 0.988. The first-order valence-corrected chi connectivity index (χ1v) is 7.97. The van der Waals surface area contributed by atoms with Crippen LogP contribution in [-0.4, -0.2) is 24.1 Å². The van der Waals surface area contributed by atoms with E-state index in [4.69, 9.17) is 9.57 Å². The van der Waals surface area contributed by atoms with Crippen LogP contribution >= 0.6 is 0 Å². The van der Waals surface area contributed by atoms with Gasteiger partial charge in [0, 0.05) is 6.42 Å². The Morgan fingerprint density at radius 1 is 1.38 bits per heavy atom. The third kappa shape index (κ3) is 4.41. The van der Waals surface area contributed by atoms with Crippen LogP contribution in [0.3, 0.4) is 0 Å². The number of rotatable bonds is 7. The van der Waals surface area contributed by atoms with Gasteiger partial charge in [-0.3, -0.25) is 4.79 Å². The van der Waals surface area contributed by atoms with E-state index >= 15 is 0 Å². The summed E-state index contributed by atoms with van der Waals surface area (Å²) in [5.74, 6) is -0.829. The molecule has 126 valence electrons. The minimum absolute atomic E-state index is 0.0174. The average molecular weight is 327 g/mol. The van der Waals surface area contributed by atoms with Crippen LogP contribution < -0.4 is 0 Å².